The lowest BCUT2D eigenvalue weighted by Crippen LogP contribution is -2.16. The molecule has 2 aliphatic rings. The van der Waals surface area contributed by atoms with Crippen LogP contribution in [0.4, 0.5) is 0 Å². The SMILES string of the molecule is CCC(C(=O)S)C1C2C(C)C12. The molecule has 0 aliphatic heterocycles. The van der Waals surface area contributed by atoms with Crippen LogP contribution < -0.4 is 0 Å². The van der Waals surface area contributed by atoms with Crippen LogP contribution >= 0.6 is 12.6 Å². The number of hydrogen-bond donors (Lipinski definition) is 1. The Labute approximate surface area is 73.0 Å². The Morgan fingerprint density at radius 1 is 1.55 bits per heavy atom. The predicted octanol–water partition coefficient (Wildman–Crippen LogP) is 1.98. The lowest BCUT2D eigenvalue weighted by Gasteiger charge is -2.15. The molecule has 62 valence electrons. The molecule has 0 amide bonds. The summed E-state index contributed by atoms with van der Waals surface area (Å²) >= 11 is 3.90. The summed E-state index contributed by atoms with van der Waals surface area (Å²) in [7, 11) is 0. The first-order chi connectivity index (χ1) is 5.18. The summed E-state index contributed by atoms with van der Waals surface area (Å²) in [5.41, 5.74) is 0. The number of hydrogen-bond acceptors (Lipinski definition) is 1. The fraction of sp³-hybridized carbons (Fsp3) is 0.889. The number of thiol groups is 1. The van der Waals surface area contributed by atoms with E-state index >= 15 is 0 Å². The molecule has 0 aromatic rings. The van der Waals surface area contributed by atoms with E-state index in [-0.39, 0.29) is 11.0 Å². The Bertz CT molecular complexity index is 192. The van der Waals surface area contributed by atoms with Crippen LogP contribution in [0.3, 0.4) is 0 Å². The highest BCUT2D eigenvalue weighted by atomic mass is 32.1. The minimum Gasteiger partial charge on any atom is -0.287 e. The Balaban J connectivity index is 1.91. The van der Waals surface area contributed by atoms with Crippen molar-refractivity contribution in [1.82, 2.24) is 0 Å². The van der Waals surface area contributed by atoms with E-state index < -0.39 is 0 Å². The summed E-state index contributed by atoms with van der Waals surface area (Å²) in [6, 6.07) is 0. The highest BCUT2D eigenvalue weighted by Gasteiger charge is 2.72. The van der Waals surface area contributed by atoms with Crippen molar-refractivity contribution in [2.24, 2.45) is 29.6 Å². The van der Waals surface area contributed by atoms with Gasteiger partial charge in [0, 0.05) is 5.92 Å². The molecule has 0 bridgehead atoms. The molecule has 0 aromatic heterocycles. The first-order valence-corrected chi connectivity index (χ1v) is 4.86. The number of rotatable bonds is 3. The molecule has 0 spiro atoms. The lowest BCUT2D eigenvalue weighted by molar-refractivity contribution is -0.115. The molecule has 2 fully saturated rings. The highest BCUT2D eigenvalue weighted by Crippen LogP contribution is 2.75. The molecule has 0 aromatic carbocycles. The third kappa shape index (κ3) is 0.952. The van der Waals surface area contributed by atoms with Gasteiger partial charge in [0.1, 0.15) is 0 Å². The van der Waals surface area contributed by atoms with E-state index in [2.05, 4.69) is 26.5 Å². The fourth-order valence-corrected chi connectivity index (χ4v) is 2.97. The summed E-state index contributed by atoms with van der Waals surface area (Å²) in [4.78, 5) is 11.0. The zero-order chi connectivity index (χ0) is 8.17. The van der Waals surface area contributed by atoms with Crippen molar-refractivity contribution in [2.75, 3.05) is 0 Å². The summed E-state index contributed by atoms with van der Waals surface area (Å²) in [5.74, 6) is 3.71. The van der Waals surface area contributed by atoms with Crippen molar-refractivity contribution in [3.8, 4) is 0 Å². The van der Waals surface area contributed by atoms with Crippen LogP contribution in [-0.4, -0.2) is 5.12 Å². The predicted molar refractivity (Wildman–Crippen MR) is 47.4 cm³/mol. The molecule has 2 heteroatoms. The van der Waals surface area contributed by atoms with E-state index in [1.54, 1.807) is 0 Å². The Hall–Kier alpha value is 0.0200. The van der Waals surface area contributed by atoms with Gasteiger partial charge in [-0.25, -0.2) is 0 Å². The quantitative estimate of drug-likeness (QED) is 0.641. The fourth-order valence-electron chi connectivity index (χ4n) is 2.61. The largest absolute Gasteiger partial charge is 0.287 e. The van der Waals surface area contributed by atoms with Gasteiger partial charge in [-0.15, -0.1) is 12.6 Å². The molecule has 11 heavy (non-hydrogen) atoms. The molecule has 2 aliphatic carbocycles. The first kappa shape index (κ1) is 7.66. The highest BCUT2D eigenvalue weighted by molar-refractivity contribution is 7.96. The number of carbonyl (C=O) groups is 1. The van der Waals surface area contributed by atoms with Gasteiger partial charge in [0.2, 0.25) is 0 Å². The molecule has 3 atom stereocenters. The van der Waals surface area contributed by atoms with Gasteiger partial charge < -0.3 is 0 Å². The van der Waals surface area contributed by atoms with E-state index in [0.717, 1.165) is 30.1 Å². The molecule has 2 saturated carbocycles. The average molecular weight is 170 g/mol. The van der Waals surface area contributed by atoms with Crippen LogP contribution in [0.1, 0.15) is 20.3 Å². The van der Waals surface area contributed by atoms with E-state index in [4.69, 9.17) is 0 Å². The molecule has 0 heterocycles. The van der Waals surface area contributed by atoms with Crippen molar-refractivity contribution in [3.63, 3.8) is 0 Å². The topological polar surface area (TPSA) is 17.1 Å². The zero-order valence-electron chi connectivity index (χ0n) is 6.95. The van der Waals surface area contributed by atoms with Gasteiger partial charge in [0.25, 0.3) is 0 Å². The van der Waals surface area contributed by atoms with Crippen LogP contribution in [0.25, 0.3) is 0 Å². The maximum absolute atomic E-state index is 11.0. The van der Waals surface area contributed by atoms with Gasteiger partial charge in [-0.2, -0.15) is 0 Å². The third-order valence-electron chi connectivity index (χ3n) is 3.49. The first-order valence-electron chi connectivity index (χ1n) is 4.41. The molecule has 1 nitrogen and oxygen atoms in total. The van der Waals surface area contributed by atoms with Crippen molar-refractivity contribution < 1.29 is 4.79 Å². The van der Waals surface area contributed by atoms with Gasteiger partial charge in [-0.1, -0.05) is 13.8 Å². The average Bonchev–Trinajstić information content (AvgIpc) is 2.78. The molecule has 0 N–H and O–H groups in total. The van der Waals surface area contributed by atoms with Crippen LogP contribution in [0.5, 0.6) is 0 Å². The van der Waals surface area contributed by atoms with Crippen LogP contribution in [0.15, 0.2) is 0 Å². The van der Waals surface area contributed by atoms with Crippen LogP contribution in [0.2, 0.25) is 0 Å². The number of fused-ring (bicyclic) bond motifs is 1. The molecule has 0 saturated heterocycles. The van der Waals surface area contributed by atoms with Gasteiger partial charge in [-0.05, 0) is 30.1 Å². The van der Waals surface area contributed by atoms with Gasteiger partial charge in [0.05, 0.1) is 0 Å². The van der Waals surface area contributed by atoms with Crippen molar-refractivity contribution in [2.45, 2.75) is 20.3 Å². The monoisotopic (exact) mass is 170 g/mol. The second kappa shape index (κ2) is 2.25. The normalized spacial score (nSPS) is 47.9. The standard InChI is InChI=1S/C9H14OS/c1-3-5(9(10)11)8-6-4(2)7(6)8/h4-8H,3H2,1-2H3,(H,10,11). The zero-order valence-corrected chi connectivity index (χ0v) is 7.84. The lowest BCUT2D eigenvalue weighted by atomic mass is 9.91. The summed E-state index contributed by atoms with van der Waals surface area (Å²) in [5, 5.41) is 0.108. The Morgan fingerprint density at radius 2 is 2.09 bits per heavy atom. The van der Waals surface area contributed by atoms with E-state index in [1.807, 2.05) is 0 Å². The van der Waals surface area contributed by atoms with Crippen molar-refractivity contribution in [1.29, 1.82) is 0 Å². The van der Waals surface area contributed by atoms with E-state index in [9.17, 15) is 4.79 Å². The minimum absolute atomic E-state index is 0.108. The molecule has 0 radical (unpaired) electrons. The molecule has 3 unspecified atom stereocenters. The smallest absolute Gasteiger partial charge is 0.189 e. The third-order valence-corrected chi connectivity index (χ3v) is 3.82. The second-order valence-corrected chi connectivity index (χ2v) is 4.38. The number of carbonyl (C=O) groups excluding carboxylic acids is 1. The Kier molecular flexibility index (Phi) is 1.57. The van der Waals surface area contributed by atoms with E-state index in [0.29, 0.717) is 0 Å². The summed E-state index contributed by atoms with van der Waals surface area (Å²) < 4.78 is 0. The molecule has 2 rings (SSSR count). The Morgan fingerprint density at radius 3 is 2.36 bits per heavy atom. The summed E-state index contributed by atoms with van der Waals surface area (Å²) in [6.45, 7) is 4.36. The van der Waals surface area contributed by atoms with Crippen molar-refractivity contribution >= 4 is 17.7 Å². The maximum Gasteiger partial charge on any atom is 0.189 e. The van der Waals surface area contributed by atoms with Gasteiger partial charge in [-0.3, -0.25) is 4.79 Å². The van der Waals surface area contributed by atoms with Crippen molar-refractivity contribution in [3.05, 3.63) is 0 Å². The maximum atomic E-state index is 11.0. The second-order valence-electron chi connectivity index (χ2n) is 3.94. The minimum atomic E-state index is 0.108. The van der Waals surface area contributed by atoms with Gasteiger partial charge in [0.15, 0.2) is 5.12 Å². The molecular weight excluding hydrogens is 156 g/mol. The summed E-state index contributed by atoms with van der Waals surface area (Å²) in [6.07, 6.45) is 0.979. The van der Waals surface area contributed by atoms with Crippen LogP contribution in [0, 0.1) is 29.6 Å². The van der Waals surface area contributed by atoms with Gasteiger partial charge >= 0.3 is 0 Å². The molecular formula is C9H14OS. The van der Waals surface area contributed by atoms with E-state index in [1.165, 1.54) is 0 Å². The van der Waals surface area contributed by atoms with Crippen LogP contribution in [-0.2, 0) is 4.79 Å².